The Morgan fingerprint density at radius 1 is 0.333 bits per heavy atom. The van der Waals surface area contributed by atoms with Crippen molar-refractivity contribution in [2.45, 2.75) is 0 Å². The summed E-state index contributed by atoms with van der Waals surface area (Å²) >= 11 is 0. The van der Waals surface area contributed by atoms with Gasteiger partial charge in [-0.05, 0) is 140 Å². The van der Waals surface area contributed by atoms with E-state index in [-0.39, 0.29) is 34.1 Å². The van der Waals surface area contributed by atoms with E-state index in [1.165, 1.54) is 44.4 Å². The molecule has 0 aromatic heterocycles. The average Bonchev–Trinajstić information content (AvgIpc) is 4.07. The van der Waals surface area contributed by atoms with Crippen molar-refractivity contribution in [2.24, 2.45) is 9.98 Å². The molecule has 4 saturated carbocycles. The van der Waals surface area contributed by atoms with Gasteiger partial charge >= 0.3 is 0 Å². The maximum atomic E-state index is 4.79. The van der Waals surface area contributed by atoms with Crippen LogP contribution in [-0.2, 0) is 34.1 Å². The quantitative estimate of drug-likeness (QED) is 0.0626. The van der Waals surface area contributed by atoms with Crippen LogP contribution in [0.1, 0.15) is 0 Å². The van der Waals surface area contributed by atoms with E-state index in [0.29, 0.717) is 13.1 Å². The summed E-state index contributed by atoms with van der Waals surface area (Å²) in [4.78, 5) is 9.58. The van der Waals surface area contributed by atoms with Crippen LogP contribution >= 0.6 is 15.8 Å². The van der Waals surface area contributed by atoms with Crippen LogP contribution in [0.2, 0.25) is 0 Å². The van der Waals surface area contributed by atoms with E-state index in [2.05, 4.69) is 160 Å². The number of hydrogen-bond donors (Lipinski definition) is 0. The molecule has 2 nitrogen and oxygen atoms in total. The summed E-state index contributed by atoms with van der Waals surface area (Å²) < 4.78 is 0. The minimum atomic E-state index is -0.650. The van der Waals surface area contributed by atoms with Gasteiger partial charge in [0.2, 0.25) is 0 Å². The van der Waals surface area contributed by atoms with Gasteiger partial charge in [0.1, 0.15) is 0 Å². The zero-order valence-corrected chi connectivity index (χ0v) is 33.8. The molecule has 0 atom stereocenters. The van der Waals surface area contributed by atoms with E-state index in [4.69, 9.17) is 9.98 Å². The van der Waals surface area contributed by atoms with Crippen LogP contribution in [0.4, 0.5) is 0 Å². The van der Waals surface area contributed by atoms with Crippen molar-refractivity contribution >= 4 is 49.5 Å². The van der Waals surface area contributed by atoms with Gasteiger partial charge in [-0.1, -0.05) is 121 Å². The third-order valence-corrected chi connectivity index (χ3v) is 13.2. The first kappa shape index (κ1) is 44.8. The second-order valence-corrected chi connectivity index (χ2v) is 16.1. The van der Waals surface area contributed by atoms with Crippen LogP contribution < -0.4 is 21.2 Å². The summed E-state index contributed by atoms with van der Waals surface area (Å²) in [5.74, 6) is 2.37. The van der Waals surface area contributed by atoms with E-state index < -0.39 is 15.8 Å². The Labute approximate surface area is 351 Å². The van der Waals surface area contributed by atoms with Gasteiger partial charge in [-0.2, -0.15) is 0 Å². The molecular formula is C48H42Fe2N2P2. The fraction of sp³-hybridized carbons (Fsp3) is 0.0417. The molecule has 270 valence electrons. The van der Waals surface area contributed by atoms with Crippen molar-refractivity contribution < 1.29 is 34.1 Å². The van der Waals surface area contributed by atoms with E-state index in [9.17, 15) is 0 Å². The molecule has 0 bridgehead atoms. The summed E-state index contributed by atoms with van der Waals surface area (Å²) in [6.45, 7) is 1.30. The van der Waals surface area contributed by atoms with Crippen molar-refractivity contribution in [2.75, 3.05) is 13.1 Å². The van der Waals surface area contributed by atoms with Crippen LogP contribution in [0.3, 0.4) is 0 Å². The molecule has 4 fully saturated rings. The molecule has 0 unspecified atom stereocenters. The Morgan fingerprint density at radius 2 is 0.593 bits per heavy atom. The third kappa shape index (κ3) is 13.9. The molecule has 0 heterocycles. The molecule has 4 aliphatic rings. The number of benzene rings is 4. The summed E-state index contributed by atoms with van der Waals surface area (Å²) in [5, 5.41) is 5.39. The van der Waals surface area contributed by atoms with Crippen molar-refractivity contribution in [3.05, 3.63) is 247 Å². The Hall–Kier alpha value is -1.88. The minimum absolute atomic E-state index is 0. The molecule has 0 aliphatic heterocycles. The normalized spacial score (nSPS) is 18.0. The van der Waals surface area contributed by atoms with Crippen LogP contribution in [0.25, 0.3) is 0 Å². The molecule has 0 saturated heterocycles. The Balaban J connectivity index is 0.000000470. The Kier molecular flexibility index (Phi) is 21.7. The fourth-order valence-electron chi connectivity index (χ4n) is 5.72. The van der Waals surface area contributed by atoms with Crippen LogP contribution in [-0.4, -0.2) is 25.5 Å². The van der Waals surface area contributed by atoms with Crippen molar-refractivity contribution in [3.63, 3.8) is 0 Å². The molecule has 20 radical (unpaired) electrons. The minimum Gasteiger partial charge on any atom is -0.295 e. The van der Waals surface area contributed by atoms with Gasteiger partial charge in [-0.3, -0.25) is 9.98 Å². The number of aliphatic imine (C=N–C) groups is 2. The number of hydrogen-bond acceptors (Lipinski definition) is 2. The van der Waals surface area contributed by atoms with Gasteiger partial charge in [-0.25, -0.2) is 0 Å². The maximum Gasteiger partial charge on any atom is 0.0581 e. The smallest absolute Gasteiger partial charge is 0.0581 e. The van der Waals surface area contributed by atoms with Gasteiger partial charge in [0.05, 0.1) is 13.1 Å². The molecule has 0 spiro atoms. The first-order valence-corrected chi connectivity index (χ1v) is 20.2. The molecular weight excluding hydrogens is 778 g/mol. The largest absolute Gasteiger partial charge is 0.295 e. The summed E-state index contributed by atoms with van der Waals surface area (Å²) in [6, 6.07) is 43.3. The predicted octanol–water partition coefficient (Wildman–Crippen LogP) is 8.90. The predicted molar refractivity (Wildman–Crippen MR) is 227 cm³/mol. The molecule has 54 heavy (non-hydrogen) atoms. The third-order valence-electron chi connectivity index (χ3n) is 8.12. The van der Waals surface area contributed by atoms with Gasteiger partial charge in [0.25, 0.3) is 0 Å². The molecule has 6 heteroatoms. The molecule has 4 aromatic rings. The molecule has 0 N–H and O–H groups in total. The number of nitrogens with zero attached hydrogens (tertiary/aromatic N) is 2. The van der Waals surface area contributed by atoms with E-state index in [1.54, 1.807) is 0 Å². The monoisotopic (exact) mass is 820 g/mol. The maximum absolute atomic E-state index is 4.79. The summed E-state index contributed by atoms with van der Waals surface area (Å²) in [6.07, 6.45) is 37.2. The van der Waals surface area contributed by atoms with Gasteiger partial charge in [0, 0.05) is 69.7 Å². The average molecular weight is 821 g/mol. The van der Waals surface area contributed by atoms with Crippen LogP contribution in [0.15, 0.2) is 131 Å². The van der Waals surface area contributed by atoms with Gasteiger partial charge in [0.15, 0.2) is 0 Å². The number of rotatable bonds is 11. The Morgan fingerprint density at radius 3 is 0.852 bits per heavy atom. The van der Waals surface area contributed by atoms with Gasteiger partial charge < -0.3 is 0 Å². The fourth-order valence-corrected chi connectivity index (χ4v) is 10.6. The molecule has 4 aliphatic carbocycles. The molecule has 8 rings (SSSR count). The topological polar surface area (TPSA) is 24.7 Å². The Bertz CT molecular complexity index is 1370. The van der Waals surface area contributed by atoms with Crippen molar-refractivity contribution in [1.29, 1.82) is 0 Å². The summed E-state index contributed by atoms with van der Waals surface area (Å²) in [7, 11) is -1.30. The zero-order chi connectivity index (χ0) is 35.5. The standard InChI is InChI=1S/C38H32N2P2.2C5H5.2Fe/c1-5-17-33(18-6-1)41(34-19-7-2-8-20-34)37-25-13-15-31(37)29-39-27-28-40-30-32-16-14-26-38(32)42(35-21-9-3-10-22-35)36-23-11-4-12-24-36;2*1-2-4-5-3-1;;/h1-26,29-30H,27-28H2;2*1-5H;;. The zero-order valence-electron chi connectivity index (χ0n) is 29.8. The van der Waals surface area contributed by atoms with E-state index in [0.717, 1.165) is 0 Å². The van der Waals surface area contributed by atoms with Crippen LogP contribution in [0, 0.1) is 126 Å². The van der Waals surface area contributed by atoms with Crippen molar-refractivity contribution in [3.8, 4) is 0 Å². The van der Waals surface area contributed by atoms with Gasteiger partial charge in [-0.15, -0.1) is 0 Å². The van der Waals surface area contributed by atoms with Crippen LogP contribution in [0.5, 0.6) is 0 Å². The molecule has 0 amide bonds. The second kappa shape index (κ2) is 26.1. The SMILES string of the molecule is [CH]1[CH][CH][CH][CH]1.[CH]1[CH][CH][CH][CH]1.[CH]1[CH][C](C=NCCN=C[C]2[CH][CH][CH][C]2P(c2ccccc2)c2ccccc2)[C](P(c2ccccc2)c2ccccc2)[CH]1.[Fe].[Fe]. The van der Waals surface area contributed by atoms with Crippen molar-refractivity contribution in [1.82, 2.24) is 0 Å². The van der Waals surface area contributed by atoms with E-state index in [1.807, 2.05) is 76.6 Å². The first-order chi connectivity index (χ1) is 25.9. The van der Waals surface area contributed by atoms with E-state index >= 15 is 0 Å². The first-order valence-electron chi connectivity index (χ1n) is 17.5. The summed E-state index contributed by atoms with van der Waals surface area (Å²) in [5.41, 5.74) is 2.68. The second-order valence-electron chi connectivity index (χ2n) is 11.7. The molecule has 4 aromatic carbocycles.